The van der Waals surface area contributed by atoms with Gasteiger partial charge in [0.25, 0.3) is 0 Å². The molecule has 3 heteroatoms. The highest BCUT2D eigenvalue weighted by atomic mass is 15.3. The molecule has 1 rings (SSSR count). The van der Waals surface area contributed by atoms with Crippen LogP contribution in [0.15, 0.2) is 6.07 Å². The fourth-order valence-electron chi connectivity index (χ4n) is 1.79. The third-order valence-corrected chi connectivity index (χ3v) is 2.62. The van der Waals surface area contributed by atoms with E-state index < -0.39 is 0 Å². The third kappa shape index (κ3) is 3.34. The lowest BCUT2D eigenvalue weighted by atomic mass is 10.2. The van der Waals surface area contributed by atoms with Gasteiger partial charge >= 0.3 is 0 Å². The summed E-state index contributed by atoms with van der Waals surface area (Å²) in [7, 11) is 0. The maximum atomic E-state index is 4.54. The number of hydrogen-bond acceptors (Lipinski definition) is 2. The molecule has 1 aromatic rings. The third-order valence-electron chi connectivity index (χ3n) is 2.62. The molecule has 0 saturated heterocycles. The fourth-order valence-corrected chi connectivity index (χ4v) is 1.79. The van der Waals surface area contributed by atoms with Gasteiger partial charge in [0.15, 0.2) is 0 Å². The molecule has 0 spiro atoms. The molecule has 3 nitrogen and oxygen atoms in total. The second-order valence-electron chi connectivity index (χ2n) is 4.50. The molecule has 1 heterocycles. The first-order valence-electron chi connectivity index (χ1n) is 5.80. The van der Waals surface area contributed by atoms with Crippen molar-refractivity contribution in [2.24, 2.45) is 0 Å². The maximum absolute atomic E-state index is 4.54. The van der Waals surface area contributed by atoms with Crippen molar-refractivity contribution >= 4 is 0 Å². The van der Waals surface area contributed by atoms with Crippen LogP contribution in [-0.4, -0.2) is 22.4 Å². The standard InChI is InChI=1S/C12H23N3/c1-6-12(8-13-9(2)3)15-11(5)7-10(4)14-15/h7,9,12-13H,6,8H2,1-5H3. The van der Waals surface area contributed by atoms with E-state index in [2.05, 4.69) is 48.9 Å². The molecule has 1 atom stereocenters. The van der Waals surface area contributed by atoms with Gasteiger partial charge in [-0.25, -0.2) is 0 Å². The Morgan fingerprint density at radius 2 is 2.07 bits per heavy atom. The predicted octanol–water partition coefficient (Wildman–Crippen LogP) is 2.45. The normalized spacial score (nSPS) is 13.5. The van der Waals surface area contributed by atoms with Crippen LogP contribution in [0.4, 0.5) is 0 Å². The minimum absolute atomic E-state index is 0.473. The second kappa shape index (κ2) is 5.31. The van der Waals surface area contributed by atoms with Gasteiger partial charge in [-0.05, 0) is 26.3 Å². The van der Waals surface area contributed by atoms with E-state index in [4.69, 9.17) is 0 Å². The number of aromatic nitrogens is 2. The van der Waals surface area contributed by atoms with E-state index >= 15 is 0 Å². The summed E-state index contributed by atoms with van der Waals surface area (Å²) < 4.78 is 2.14. The van der Waals surface area contributed by atoms with Crippen molar-refractivity contribution in [3.63, 3.8) is 0 Å². The van der Waals surface area contributed by atoms with Crippen molar-refractivity contribution in [3.05, 3.63) is 17.5 Å². The average molecular weight is 209 g/mol. The molecule has 0 amide bonds. The Balaban J connectivity index is 2.69. The van der Waals surface area contributed by atoms with Crippen LogP contribution in [-0.2, 0) is 0 Å². The monoisotopic (exact) mass is 209 g/mol. The lowest BCUT2D eigenvalue weighted by Crippen LogP contribution is -2.31. The molecule has 0 bridgehead atoms. The zero-order valence-electron chi connectivity index (χ0n) is 10.5. The van der Waals surface area contributed by atoms with Crippen LogP contribution in [0.2, 0.25) is 0 Å². The van der Waals surface area contributed by atoms with Crippen molar-refractivity contribution in [2.75, 3.05) is 6.54 Å². The highest BCUT2D eigenvalue weighted by molar-refractivity contribution is 5.07. The van der Waals surface area contributed by atoms with Gasteiger partial charge in [0.1, 0.15) is 0 Å². The minimum atomic E-state index is 0.473. The van der Waals surface area contributed by atoms with E-state index in [1.54, 1.807) is 0 Å². The van der Waals surface area contributed by atoms with Crippen LogP contribution in [0, 0.1) is 13.8 Å². The highest BCUT2D eigenvalue weighted by Crippen LogP contribution is 2.13. The molecule has 0 radical (unpaired) electrons. The van der Waals surface area contributed by atoms with Crippen molar-refractivity contribution in [2.45, 2.75) is 53.1 Å². The average Bonchev–Trinajstić information content (AvgIpc) is 2.46. The summed E-state index contributed by atoms with van der Waals surface area (Å²) >= 11 is 0. The summed E-state index contributed by atoms with van der Waals surface area (Å²) in [5.41, 5.74) is 2.36. The van der Waals surface area contributed by atoms with E-state index in [-0.39, 0.29) is 0 Å². The highest BCUT2D eigenvalue weighted by Gasteiger charge is 2.12. The maximum Gasteiger partial charge on any atom is 0.0644 e. The fraction of sp³-hybridized carbons (Fsp3) is 0.750. The largest absolute Gasteiger partial charge is 0.312 e. The lowest BCUT2D eigenvalue weighted by Gasteiger charge is -2.19. The Kier molecular flexibility index (Phi) is 4.33. The van der Waals surface area contributed by atoms with Gasteiger partial charge in [-0.2, -0.15) is 5.10 Å². The Labute approximate surface area is 92.9 Å². The summed E-state index contributed by atoms with van der Waals surface area (Å²) in [4.78, 5) is 0. The molecule has 86 valence electrons. The molecule has 0 aliphatic rings. The molecular weight excluding hydrogens is 186 g/mol. The quantitative estimate of drug-likeness (QED) is 0.807. The first kappa shape index (κ1) is 12.2. The molecule has 1 unspecified atom stereocenters. The summed E-state index contributed by atoms with van der Waals surface area (Å²) in [6.07, 6.45) is 1.11. The van der Waals surface area contributed by atoms with E-state index in [1.165, 1.54) is 5.69 Å². The van der Waals surface area contributed by atoms with Crippen molar-refractivity contribution in [1.82, 2.24) is 15.1 Å². The summed E-state index contributed by atoms with van der Waals surface area (Å²) in [6.45, 7) is 11.7. The Hall–Kier alpha value is -0.830. The van der Waals surface area contributed by atoms with Gasteiger partial charge in [-0.1, -0.05) is 20.8 Å². The van der Waals surface area contributed by atoms with E-state index in [9.17, 15) is 0 Å². The van der Waals surface area contributed by atoms with Gasteiger partial charge in [-0.3, -0.25) is 4.68 Å². The molecule has 0 aliphatic heterocycles. The summed E-state index contributed by atoms with van der Waals surface area (Å²) in [5.74, 6) is 0. The van der Waals surface area contributed by atoms with Gasteiger partial charge in [0.2, 0.25) is 0 Å². The number of hydrogen-bond donors (Lipinski definition) is 1. The van der Waals surface area contributed by atoms with Crippen LogP contribution in [0.25, 0.3) is 0 Å². The minimum Gasteiger partial charge on any atom is -0.312 e. The van der Waals surface area contributed by atoms with Crippen LogP contribution >= 0.6 is 0 Å². The molecule has 1 aromatic heterocycles. The first-order chi connectivity index (χ1) is 7.04. The van der Waals surface area contributed by atoms with E-state index in [1.807, 2.05) is 6.92 Å². The Morgan fingerprint density at radius 1 is 1.40 bits per heavy atom. The van der Waals surface area contributed by atoms with Gasteiger partial charge in [0, 0.05) is 18.3 Å². The molecule has 0 aromatic carbocycles. The molecule has 1 N–H and O–H groups in total. The van der Waals surface area contributed by atoms with Gasteiger partial charge in [-0.15, -0.1) is 0 Å². The molecule has 15 heavy (non-hydrogen) atoms. The molecule has 0 fully saturated rings. The Bertz CT molecular complexity index is 302. The lowest BCUT2D eigenvalue weighted by molar-refractivity contribution is 0.389. The van der Waals surface area contributed by atoms with Gasteiger partial charge in [0.05, 0.1) is 11.7 Å². The van der Waals surface area contributed by atoms with Crippen LogP contribution in [0.1, 0.15) is 44.6 Å². The van der Waals surface area contributed by atoms with Crippen molar-refractivity contribution < 1.29 is 0 Å². The summed E-state index contributed by atoms with van der Waals surface area (Å²) in [6, 6.07) is 3.15. The number of nitrogens with zero attached hydrogens (tertiary/aromatic N) is 2. The number of rotatable bonds is 5. The second-order valence-corrected chi connectivity index (χ2v) is 4.50. The van der Waals surface area contributed by atoms with Gasteiger partial charge < -0.3 is 5.32 Å². The summed E-state index contributed by atoms with van der Waals surface area (Å²) in [5, 5.41) is 8.01. The smallest absolute Gasteiger partial charge is 0.0644 e. The van der Waals surface area contributed by atoms with E-state index in [0.717, 1.165) is 18.7 Å². The molecule has 0 aliphatic carbocycles. The molecular formula is C12H23N3. The topological polar surface area (TPSA) is 29.9 Å². The zero-order chi connectivity index (χ0) is 11.4. The predicted molar refractivity (Wildman–Crippen MR) is 64.2 cm³/mol. The number of aryl methyl sites for hydroxylation is 2. The van der Waals surface area contributed by atoms with E-state index in [0.29, 0.717) is 12.1 Å². The van der Waals surface area contributed by atoms with Crippen LogP contribution in [0.5, 0.6) is 0 Å². The first-order valence-corrected chi connectivity index (χ1v) is 5.80. The number of nitrogens with one attached hydrogen (secondary N) is 1. The van der Waals surface area contributed by atoms with Crippen LogP contribution < -0.4 is 5.32 Å². The SMILES string of the molecule is CCC(CNC(C)C)n1nc(C)cc1C. The van der Waals surface area contributed by atoms with Crippen LogP contribution in [0.3, 0.4) is 0 Å². The zero-order valence-corrected chi connectivity index (χ0v) is 10.5. The van der Waals surface area contributed by atoms with Crippen molar-refractivity contribution in [1.29, 1.82) is 0 Å². The van der Waals surface area contributed by atoms with Crippen molar-refractivity contribution in [3.8, 4) is 0 Å². The molecule has 0 saturated carbocycles. The Morgan fingerprint density at radius 3 is 2.47 bits per heavy atom.